The number of aromatic nitrogens is 2. The van der Waals surface area contributed by atoms with Crippen molar-refractivity contribution in [2.24, 2.45) is 0 Å². The molecule has 0 aliphatic carbocycles. The number of nitrogens with zero attached hydrogens (tertiary/aromatic N) is 1. The second kappa shape index (κ2) is 5.69. The first kappa shape index (κ1) is 12.6. The highest BCUT2D eigenvalue weighted by Crippen LogP contribution is 2.12. The molecule has 0 saturated heterocycles. The van der Waals surface area contributed by atoms with Crippen molar-refractivity contribution in [3.8, 4) is 0 Å². The first-order valence-corrected chi connectivity index (χ1v) is 6.02. The van der Waals surface area contributed by atoms with Crippen molar-refractivity contribution < 1.29 is 9.53 Å². The highest BCUT2D eigenvalue weighted by molar-refractivity contribution is 6.30. The molecule has 0 amide bonds. The minimum atomic E-state index is -0.382. The quantitative estimate of drug-likeness (QED) is 0.864. The van der Waals surface area contributed by atoms with Crippen LogP contribution in [0.2, 0.25) is 5.02 Å². The lowest BCUT2D eigenvalue weighted by Crippen LogP contribution is -2.05. The van der Waals surface area contributed by atoms with Gasteiger partial charge in [-0.3, -0.25) is 0 Å². The van der Waals surface area contributed by atoms with Crippen molar-refractivity contribution in [3.63, 3.8) is 0 Å². The number of benzene rings is 1. The fourth-order valence-corrected chi connectivity index (χ4v) is 1.69. The summed E-state index contributed by atoms with van der Waals surface area (Å²) in [6.07, 6.45) is 2.11. The summed E-state index contributed by atoms with van der Waals surface area (Å²) in [7, 11) is 0. The maximum atomic E-state index is 11.4. The third kappa shape index (κ3) is 3.11. The summed E-state index contributed by atoms with van der Waals surface area (Å²) in [5.41, 5.74) is 1.45. The van der Waals surface area contributed by atoms with Gasteiger partial charge in [0.1, 0.15) is 11.5 Å². The number of hydrogen-bond donors (Lipinski definition) is 1. The molecule has 2 aromatic rings. The maximum absolute atomic E-state index is 11.4. The molecule has 0 saturated carbocycles. The van der Waals surface area contributed by atoms with Gasteiger partial charge in [0.2, 0.25) is 0 Å². The van der Waals surface area contributed by atoms with Crippen LogP contribution in [-0.2, 0) is 11.2 Å². The summed E-state index contributed by atoms with van der Waals surface area (Å²) in [5, 5.41) is 0.699. The summed E-state index contributed by atoms with van der Waals surface area (Å²) in [5.74, 6) is 0.340. The molecule has 0 radical (unpaired) electrons. The first-order valence-electron chi connectivity index (χ1n) is 5.64. The van der Waals surface area contributed by atoms with Crippen LogP contribution in [0.1, 0.15) is 28.8 Å². The van der Waals surface area contributed by atoms with Crippen molar-refractivity contribution in [3.05, 3.63) is 52.6 Å². The Morgan fingerprint density at radius 3 is 2.78 bits per heavy atom. The number of H-pyrrole nitrogens is 1. The van der Waals surface area contributed by atoms with Gasteiger partial charge in [0.25, 0.3) is 0 Å². The Balaban J connectivity index is 2.06. The van der Waals surface area contributed by atoms with E-state index in [1.165, 1.54) is 6.20 Å². The van der Waals surface area contributed by atoms with Crippen LogP contribution < -0.4 is 0 Å². The average molecular weight is 265 g/mol. The predicted molar refractivity (Wildman–Crippen MR) is 68.8 cm³/mol. The zero-order chi connectivity index (χ0) is 13.0. The van der Waals surface area contributed by atoms with Gasteiger partial charge in [0, 0.05) is 11.4 Å². The molecular formula is C13H13ClN2O2. The third-order valence-electron chi connectivity index (χ3n) is 2.41. The minimum Gasteiger partial charge on any atom is -0.461 e. The van der Waals surface area contributed by atoms with Gasteiger partial charge >= 0.3 is 5.97 Å². The second-order valence-corrected chi connectivity index (χ2v) is 4.20. The van der Waals surface area contributed by atoms with E-state index in [4.69, 9.17) is 16.3 Å². The lowest BCUT2D eigenvalue weighted by Gasteiger charge is -1.99. The van der Waals surface area contributed by atoms with Crippen molar-refractivity contribution >= 4 is 17.6 Å². The van der Waals surface area contributed by atoms with Crippen molar-refractivity contribution in [2.45, 2.75) is 13.3 Å². The largest absolute Gasteiger partial charge is 0.461 e. The van der Waals surface area contributed by atoms with Gasteiger partial charge in [-0.2, -0.15) is 0 Å². The van der Waals surface area contributed by atoms with Crippen LogP contribution in [0.25, 0.3) is 0 Å². The zero-order valence-electron chi connectivity index (χ0n) is 9.94. The lowest BCUT2D eigenvalue weighted by molar-refractivity contribution is 0.0520. The normalized spacial score (nSPS) is 10.3. The van der Waals surface area contributed by atoms with Crippen molar-refractivity contribution in [1.29, 1.82) is 0 Å². The molecule has 0 atom stereocenters. The second-order valence-electron chi connectivity index (χ2n) is 3.77. The topological polar surface area (TPSA) is 55.0 Å². The van der Waals surface area contributed by atoms with Gasteiger partial charge in [-0.1, -0.05) is 23.7 Å². The Hall–Kier alpha value is -1.81. The van der Waals surface area contributed by atoms with Crippen molar-refractivity contribution in [1.82, 2.24) is 9.97 Å². The van der Waals surface area contributed by atoms with Crippen LogP contribution in [0, 0.1) is 0 Å². The predicted octanol–water partition coefficient (Wildman–Crippen LogP) is 2.83. The molecule has 1 aromatic carbocycles. The van der Waals surface area contributed by atoms with E-state index in [0.29, 0.717) is 23.7 Å². The fraction of sp³-hybridized carbons (Fsp3) is 0.231. The van der Waals surface area contributed by atoms with Crippen LogP contribution in [0.4, 0.5) is 0 Å². The summed E-state index contributed by atoms with van der Waals surface area (Å²) < 4.78 is 4.88. The Kier molecular flexibility index (Phi) is 3.99. The summed E-state index contributed by atoms with van der Waals surface area (Å²) in [6, 6.07) is 7.50. The smallest absolute Gasteiger partial charge is 0.356 e. The number of halogens is 1. The molecule has 2 rings (SSSR count). The molecule has 1 heterocycles. The van der Waals surface area contributed by atoms with Gasteiger partial charge in [-0.05, 0) is 24.6 Å². The van der Waals surface area contributed by atoms with Crippen molar-refractivity contribution in [2.75, 3.05) is 6.61 Å². The summed E-state index contributed by atoms with van der Waals surface area (Å²) >= 11 is 5.81. The summed E-state index contributed by atoms with van der Waals surface area (Å²) in [6.45, 7) is 2.12. The molecule has 0 bridgehead atoms. The van der Waals surface area contributed by atoms with Gasteiger partial charge in [0.05, 0.1) is 12.8 Å². The van der Waals surface area contributed by atoms with Gasteiger partial charge in [-0.15, -0.1) is 0 Å². The zero-order valence-corrected chi connectivity index (χ0v) is 10.7. The Morgan fingerprint density at radius 1 is 1.39 bits per heavy atom. The molecule has 0 aliphatic heterocycles. The number of hydrogen-bond acceptors (Lipinski definition) is 3. The van der Waals surface area contributed by atoms with E-state index in [1.54, 1.807) is 6.92 Å². The minimum absolute atomic E-state index is 0.352. The third-order valence-corrected chi connectivity index (χ3v) is 2.66. The fourth-order valence-electron chi connectivity index (χ4n) is 1.56. The van der Waals surface area contributed by atoms with Crippen LogP contribution in [0.5, 0.6) is 0 Å². The molecule has 0 unspecified atom stereocenters. The number of aromatic amines is 1. The van der Waals surface area contributed by atoms with Crippen LogP contribution in [-0.4, -0.2) is 22.5 Å². The summed E-state index contributed by atoms with van der Waals surface area (Å²) in [4.78, 5) is 18.5. The molecule has 5 heteroatoms. The molecule has 4 nitrogen and oxygen atoms in total. The number of carbonyl (C=O) groups excluding carboxylic acids is 1. The van der Waals surface area contributed by atoms with Crippen LogP contribution in [0.15, 0.2) is 30.5 Å². The lowest BCUT2D eigenvalue weighted by atomic mass is 10.1. The number of rotatable bonds is 4. The van der Waals surface area contributed by atoms with E-state index in [-0.39, 0.29) is 5.97 Å². The molecule has 1 aromatic heterocycles. The van der Waals surface area contributed by atoms with E-state index in [9.17, 15) is 4.79 Å². The highest BCUT2D eigenvalue weighted by atomic mass is 35.5. The van der Waals surface area contributed by atoms with E-state index < -0.39 is 0 Å². The number of imidazole rings is 1. The molecular weight excluding hydrogens is 252 g/mol. The van der Waals surface area contributed by atoms with E-state index in [2.05, 4.69) is 9.97 Å². The van der Waals surface area contributed by atoms with E-state index in [1.807, 2.05) is 24.3 Å². The Labute approximate surface area is 110 Å². The number of carbonyl (C=O) groups is 1. The maximum Gasteiger partial charge on any atom is 0.356 e. The monoisotopic (exact) mass is 264 g/mol. The van der Waals surface area contributed by atoms with E-state index in [0.717, 1.165) is 11.4 Å². The van der Waals surface area contributed by atoms with E-state index >= 15 is 0 Å². The molecule has 94 valence electrons. The van der Waals surface area contributed by atoms with Gasteiger partial charge in [0.15, 0.2) is 0 Å². The molecule has 1 N–H and O–H groups in total. The van der Waals surface area contributed by atoms with Crippen LogP contribution >= 0.6 is 11.6 Å². The van der Waals surface area contributed by atoms with Crippen LogP contribution in [0.3, 0.4) is 0 Å². The number of ether oxygens (including phenoxy) is 1. The molecule has 0 fully saturated rings. The average Bonchev–Trinajstić information content (AvgIpc) is 2.81. The Morgan fingerprint density at radius 2 is 2.11 bits per heavy atom. The molecule has 0 aliphatic rings. The Bertz CT molecular complexity index is 534. The highest BCUT2D eigenvalue weighted by Gasteiger charge is 2.10. The first-order chi connectivity index (χ1) is 8.69. The van der Waals surface area contributed by atoms with Gasteiger partial charge < -0.3 is 9.72 Å². The number of esters is 1. The molecule has 0 spiro atoms. The standard InChI is InChI=1S/C13H13ClN2O2/c1-2-18-13(17)11-8-15-12(16-11)7-9-3-5-10(14)6-4-9/h3-6,8H,2,7H2,1H3,(H,15,16). The van der Waals surface area contributed by atoms with Gasteiger partial charge in [-0.25, -0.2) is 9.78 Å². The SMILES string of the molecule is CCOC(=O)c1cnc(Cc2ccc(Cl)cc2)[nH]1. The number of nitrogens with one attached hydrogen (secondary N) is 1. The molecule has 18 heavy (non-hydrogen) atoms.